The number of barbiturate groups is 1. The van der Waals surface area contributed by atoms with Gasteiger partial charge in [-0.25, -0.2) is 9.69 Å². The van der Waals surface area contributed by atoms with Crippen LogP contribution in [0.5, 0.6) is 11.5 Å². The molecule has 0 atom stereocenters. The highest BCUT2D eigenvalue weighted by Crippen LogP contribution is 2.36. The number of amides is 4. The number of allylic oxidation sites excluding steroid dienone is 1. The average Bonchev–Trinajstić information content (AvgIpc) is 2.88. The average molecular weight is 533 g/mol. The first-order valence-electron chi connectivity index (χ1n) is 11.4. The van der Waals surface area contributed by atoms with Gasteiger partial charge in [0.25, 0.3) is 11.8 Å². The van der Waals surface area contributed by atoms with Gasteiger partial charge in [-0.3, -0.25) is 14.9 Å². The summed E-state index contributed by atoms with van der Waals surface area (Å²) < 4.78 is 36.9. The second-order valence-corrected chi connectivity index (χ2v) is 9.89. The first-order valence-corrected chi connectivity index (χ1v) is 12.8. The summed E-state index contributed by atoms with van der Waals surface area (Å²) in [5.41, 5.74) is 1.63. The van der Waals surface area contributed by atoms with Gasteiger partial charge in [0, 0.05) is 5.56 Å². The van der Waals surface area contributed by atoms with Crippen molar-refractivity contribution in [1.82, 2.24) is 5.32 Å². The molecule has 0 spiro atoms. The van der Waals surface area contributed by atoms with Gasteiger partial charge in [-0.15, -0.1) is 6.58 Å². The number of nitrogens with one attached hydrogen (secondary N) is 1. The van der Waals surface area contributed by atoms with Gasteiger partial charge in [-0.05, 0) is 61.4 Å². The van der Waals surface area contributed by atoms with E-state index in [1.54, 1.807) is 54.6 Å². The molecule has 194 valence electrons. The molecule has 38 heavy (non-hydrogen) atoms. The molecular weight excluding hydrogens is 508 g/mol. The zero-order valence-corrected chi connectivity index (χ0v) is 21.4. The Morgan fingerprint density at radius 3 is 2.32 bits per heavy atom. The lowest BCUT2D eigenvalue weighted by atomic mass is 10.0. The lowest BCUT2D eigenvalue weighted by molar-refractivity contribution is -0.122. The minimum absolute atomic E-state index is 0.0314. The highest BCUT2D eigenvalue weighted by Gasteiger charge is 2.37. The number of ether oxygens (including phenoxy) is 1. The van der Waals surface area contributed by atoms with Crippen molar-refractivity contribution in [1.29, 1.82) is 0 Å². The van der Waals surface area contributed by atoms with E-state index in [1.807, 2.05) is 6.92 Å². The van der Waals surface area contributed by atoms with Crippen LogP contribution in [0, 0.1) is 6.92 Å². The summed E-state index contributed by atoms with van der Waals surface area (Å²) in [6, 6.07) is 16.5. The number of carbonyl (C=O) groups is 3. The van der Waals surface area contributed by atoms with Crippen molar-refractivity contribution in [3.8, 4) is 11.5 Å². The van der Waals surface area contributed by atoms with Crippen molar-refractivity contribution in [2.75, 3.05) is 12.0 Å². The third-order valence-corrected chi connectivity index (χ3v) is 6.90. The molecule has 0 aromatic heterocycles. The van der Waals surface area contributed by atoms with Gasteiger partial charge in [-0.2, -0.15) is 8.42 Å². The molecule has 4 rings (SSSR count). The quantitative estimate of drug-likeness (QED) is 0.200. The number of benzene rings is 3. The zero-order chi connectivity index (χ0) is 27.4. The molecule has 0 radical (unpaired) electrons. The highest BCUT2D eigenvalue weighted by atomic mass is 32.2. The molecule has 1 aliphatic rings. The third-order valence-electron chi connectivity index (χ3n) is 5.67. The van der Waals surface area contributed by atoms with Gasteiger partial charge in [0.2, 0.25) is 0 Å². The molecule has 0 bridgehead atoms. The number of carbonyl (C=O) groups excluding carboxylic acids is 3. The van der Waals surface area contributed by atoms with Crippen LogP contribution in [0.2, 0.25) is 0 Å². The number of imide groups is 2. The summed E-state index contributed by atoms with van der Waals surface area (Å²) in [5, 5.41) is 2.17. The zero-order valence-electron chi connectivity index (χ0n) is 20.6. The summed E-state index contributed by atoms with van der Waals surface area (Å²) >= 11 is 0. The SMILES string of the molecule is C=CCc1cc(/C=C2\C(=O)NC(=O)N(c3ccccc3)C2=O)cc(OC)c1OS(=O)(=O)c1ccc(C)cc1. The van der Waals surface area contributed by atoms with Crippen LogP contribution in [-0.2, 0) is 26.1 Å². The summed E-state index contributed by atoms with van der Waals surface area (Å²) in [6.07, 6.45) is 3.04. The van der Waals surface area contributed by atoms with Crippen LogP contribution in [-0.4, -0.2) is 33.4 Å². The van der Waals surface area contributed by atoms with E-state index in [0.29, 0.717) is 16.8 Å². The lowest BCUT2D eigenvalue weighted by Crippen LogP contribution is -2.54. The first kappa shape index (κ1) is 26.4. The third kappa shape index (κ3) is 5.35. The Hall–Kier alpha value is -4.70. The highest BCUT2D eigenvalue weighted by molar-refractivity contribution is 7.87. The van der Waals surface area contributed by atoms with Crippen molar-refractivity contribution in [3.05, 3.63) is 102 Å². The van der Waals surface area contributed by atoms with Crippen molar-refractivity contribution < 1.29 is 31.7 Å². The number of hydrogen-bond donors (Lipinski definition) is 1. The molecule has 0 saturated carbocycles. The Bertz CT molecular complexity index is 1560. The molecule has 1 N–H and O–H groups in total. The van der Waals surface area contributed by atoms with E-state index in [0.717, 1.165) is 10.5 Å². The van der Waals surface area contributed by atoms with E-state index in [-0.39, 0.29) is 28.4 Å². The van der Waals surface area contributed by atoms with E-state index in [9.17, 15) is 22.8 Å². The van der Waals surface area contributed by atoms with Crippen molar-refractivity contribution in [2.45, 2.75) is 18.2 Å². The van der Waals surface area contributed by atoms with Crippen LogP contribution in [0.3, 0.4) is 0 Å². The van der Waals surface area contributed by atoms with Crippen LogP contribution in [0.15, 0.2) is 89.9 Å². The molecule has 1 saturated heterocycles. The minimum Gasteiger partial charge on any atom is -0.493 e. The topological polar surface area (TPSA) is 119 Å². The van der Waals surface area contributed by atoms with Gasteiger partial charge < -0.3 is 8.92 Å². The summed E-state index contributed by atoms with van der Waals surface area (Å²) in [7, 11) is -2.86. The van der Waals surface area contributed by atoms with Crippen LogP contribution < -0.4 is 19.1 Å². The molecule has 10 heteroatoms. The Morgan fingerprint density at radius 2 is 1.68 bits per heavy atom. The van der Waals surface area contributed by atoms with Gasteiger partial charge in [0.05, 0.1) is 12.8 Å². The molecule has 4 amide bonds. The molecule has 1 fully saturated rings. The number of aryl methyl sites for hydroxylation is 1. The van der Waals surface area contributed by atoms with Crippen LogP contribution >= 0.6 is 0 Å². The summed E-state index contributed by atoms with van der Waals surface area (Å²) in [4.78, 5) is 39.0. The van der Waals surface area contributed by atoms with E-state index >= 15 is 0 Å². The molecule has 1 heterocycles. The van der Waals surface area contributed by atoms with E-state index in [1.165, 1.54) is 31.4 Å². The van der Waals surface area contributed by atoms with Crippen molar-refractivity contribution in [2.24, 2.45) is 0 Å². The molecule has 3 aromatic carbocycles. The Kier molecular flexibility index (Phi) is 7.45. The Morgan fingerprint density at radius 1 is 1.00 bits per heavy atom. The second kappa shape index (κ2) is 10.7. The molecule has 0 aliphatic carbocycles. The fourth-order valence-electron chi connectivity index (χ4n) is 3.82. The Labute approximate surface area is 220 Å². The maximum absolute atomic E-state index is 13.2. The number of anilines is 1. The van der Waals surface area contributed by atoms with Gasteiger partial charge in [0.1, 0.15) is 10.5 Å². The predicted molar refractivity (Wildman–Crippen MR) is 141 cm³/mol. The fraction of sp³-hybridized carbons (Fsp3) is 0.107. The molecule has 1 aliphatic heterocycles. The van der Waals surface area contributed by atoms with E-state index in [4.69, 9.17) is 8.92 Å². The number of rotatable bonds is 8. The molecule has 0 unspecified atom stereocenters. The Balaban J connectivity index is 1.76. The molecule has 9 nitrogen and oxygen atoms in total. The summed E-state index contributed by atoms with van der Waals surface area (Å²) in [6.45, 7) is 5.55. The molecular formula is C28H24N2O7S. The minimum atomic E-state index is -4.20. The largest absolute Gasteiger partial charge is 0.493 e. The maximum atomic E-state index is 13.2. The van der Waals surface area contributed by atoms with Gasteiger partial charge in [0.15, 0.2) is 11.5 Å². The second-order valence-electron chi connectivity index (χ2n) is 8.35. The van der Waals surface area contributed by atoms with E-state index in [2.05, 4.69) is 11.9 Å². The number of methoxy groups -OCH3 is 1. The number of para-hydroxylation sites is 1. The van der Waals surface area contributed by atoms with Crippen LogP contribution in [0.25, 0.3) is 6.08 Å². The van der Waals surface area contributed by atoms with Crippen molar-refractivity contribution >= 4 is 39.7 Å². The number of urea groups is 1. The van der Waals surface area contributed by atoms with E-state index < -0.39 is 28.0 Å². The van der Waals surface area contributed by atoms with Crippen LogP contribution in [0.1, 0.15) is 16.7 Å². The lowest BCUT2D eigenvalue weighted by Gasteiger charge is -2.26. The van der Waals surface area contributed by atoms with Gasteiger partial charge in [-0.1, -0.05) is 42.0 Å². The smallest absolute Gasteiger partial charge is 0.339 e. The summed E-state index contributed by atoms with van der Waals surface area (Å²) in [5.74, 6) is -1.66. The molecule has 3 aromatic rings. The number of hydrogen-bond acceptors (Lipinski definition) is 7. The monoisotopic (exact) mass is 532 g/mol. The maximum Gasteiger partial charge on any atom is 0.339 e. The van der Waals surface area contributed by atoms with Crippen molar-refractivity contribution in [3.63, 3.8) is 0 Å². The van der Waals surface area contributed by atoms with Gasteiger partial charge >= 0.3 is 16.1 Å². The number of nitrogens with zero attached hydrogens (tertiary/aromatic N) is 1. The predicted octanol–water partition coefficient (Wildman–Crippen LogP) is 4.17. The normalized spacial score (nSPS) is 14.8. The standard InChI is InChI=1S/C28H24N2O7S/c1-4-8-20-15-19(16-23-26(31)29-28(33)30(27(23)32)21-9-6-5-7-10-21)17-24(36-3)25(20)37-38(34,35)22-13-11-18(2)12-14-22/h4-7,9-17H,1,8H2,2-3H3,(H,29,31,33)/b23-16+. The fourth-order valence-corrected chi connectivity index (χ4v) is 4.79. The first-order chi connectivity index (χ1) is 18.1. The van der Waals surface area contributed by atoms with Crippen LogP contribution in [0.4, 0.5) is 10.5 Å².